The normalized spacial score (nSPS) is 15.2. The van der Waals surface area contributed by atoms with Gasteiger partial charge in [0.05, 0.1) is 18.1 Å². The van der Waals surface area contributed by atoms with E-state index in [4.69, 9.17) is 0 Å². The zero-order valence-corrected chi connectivity index (χ0v) is 14.7. The van der Waals surface area contributed by atoms with Crippen molar-refractivity contribution in [3.05, 3.63) is 54.6 Å². The Labute approximate surface area is 152 Å². The van der Waals surface area contributed by atoms with Gasteiger partial charge in [0.2, 0.25) is 5.95 Å². The van der Waals surface area contributed by atoms with E-state index in [-0.39, 0.29) is 5.91 Å². The molecule has 26 heavy (non-hydrogen) atoms. The summed E-state index contributed by atoms with van der Waals surface area (Å²) in [4.78, 5) is 27.9. The lowest BCUT2D eigenvalue weighted by molar-refractivity contribution is 0.102. The number of anilines is 2. The zero-order chi connectivity index (χ0) is 17.9. The maximum Gasteiger partial charge on any atom is 0.274 e. The third-order valence-corrected chi connectivity index (χ3v) is 4.85. The summed E-state index contributed by atoms with van der Waals surface area (Å²) in [6.45, 7) is 4.23. The summed E-state index contributed by atoms with van der Waals surface area (Å²) in [5.74, 6) is 1.22. The predicted octanol–water partition coefficient (Wildman–Crippen LogP) is 3.51. The number of carbonyl (C=O) groups excluding carboxylic acids is 1. The number of pyridine rings is 1. The fraction of sp³-hybridized carbons (Fsp3) is 0.300. The van der Waals surface area contributed by atoms with Crippen LogP contribution >= 0.6 is 0 Å². The maximum atomic E-state index is 12.6. The van der Waals surface area contributed by atoms with E-state index in [1.807, 2.05) is 30.3 Å². The highest BCUT2D eigenvalue weighted by Gasteiger charge is 2.18. The van der Waals surface area contributed by atoms with Crippen LogP contribution in [0.3, 0.4) is 0 Å². The number of nitrogens with one attached hydrogen (secondary N) is 1. The van der Waals surface area contributed by atoms with Gasteiger partial charge < -0.3 is 10.2 Å². The van der Waals surface area contributed by atoms with E-state index in [1.165, 1.54) is 0 Å². The summed E-state index contributed by atoms with van der Waals surface area (Å²) < 4.78 is 0. The van der Waals surface area contributed by atoms with Gasteiger partial charge in [-0.05, 0) is 30.2 Å². The van der Waals surface area contributed by atoms with Crippen LogP contribution < -0.4 is 10.2 Å². The Kier molecular flexibility index (Phi) is 4.48. The van der Waals surface area contributed by atoms with Gasteiger partial charge in [-0.25, -0.2) is 9.97 Å². The number of rotatable bonds is 3. The molecule has 4 rings (SSSR count). The van der Waals surface area contributed by atoms with Crippen molar-refractivity contribution in [2.75, 3.05) is 23.3 Å². The van der Waals surface area contributed by atoms with Crippen LogP contribution in [0.2, 0.25) is 0 Å². The van der Waals surface area contributed by atoms with Crippen LogP contribution in [-0.4, -0.2) is 33.9 Å². The first-order chi connectivity index (χ1) is 12.7. The minimum absolute atomic E-state index is 0.259. The molecule has 1 saturated heterocycles. The van der Waals surface area contributed by atoms with E-state index in [1.54, 1.807) is 18.6 Å². The van der Waals surface area contributed by atoms with Crippen LogP contribution in [0.1, 0.15) is 30.3 Å². The Hall–Kier alpha value is -3.02. The van der Waals surface area contributed by atoms with Crippen molar-refractivity contribution in [1.29, 1.82) is 0 Å². The molecule has 1 aliphatic heterocycles. The van der Waals surface area contributed by atoms with Crippen molar-refractivity contribution in [3.63, 3.8) is 0 Å². The van der Waals surface area contributed by atoms with Crippen LogP contribution in [0.5, 0.6) is 0 Å². The molecule has 0 unspecified atom stereocenters. The third-order valence-electron chi connectivity index (χ3n) is 4.85. The molecule has 1 N–H and O–H groups in total. The van der Waals surface area contributed by atoms with Crippen molar-refractivity contribution in [1.82, 2.24) is 15.0 Å². The second kappa shape index (κ2) is 7.07. The highest BCUT2D eigenvalue weighted by Crippen LogP contribution is 2.21. The number of fused-ring (bicyclic) bond motifs is 1. The van der Waals surface area contributed by atoms with Gasteiger partial charge in [-0.15, -0.1) is 0 Å². The predicted molar refractivity (Wildman–Crippen MR) is 102 cm³/mol. The molecule has 1 fully saturated rings. The van der Waals surface area contributed by atoms with E-state index in [0.29, 0.717) is 11.4 Å². The van der Waals surface area contributed by atoms with Crippen LogP contribution in [-0.2, 0) is 0 Å². The average Bonchev–Trinajstić information content (AvgIpc) is 2.69. The molecule has 0 spiro atoms. The lowest BCUT2D eigenvalue weighted by atomic mass is 10.00. The lowest BCUT2D eigenvalue weighted by Crippen LogP contribution is -2.34. The fourth-order valence-electron chi connectivity index (χ4n) is 3.25. The van der Waals surface area contributed by atoms with E-state index in [2.05, 4.69) is 32.1 Å². The summed E-state index contributed by atoms with van der Waals surface area (Å²) in [5.41, 5.74) is 0.969. The molecule has 0 radical (unpaired) electrons. The van der Waals surface area contributed by atoms with Crippen LogP contribution in [0.4, 0.5) is 11.6 Å². The second-order valence-electron chi connectivity index (χ2n) is 6.78. The van der Waals surface area contributed by atoms with E-state index in [9.17, 15) is 4.79 Å². The van der Waals surface area contributed by atoms with Gasteiger partial charge in [0.15, 0.2) is 0 Å². The van der Waals surface area contributed by atoms with Gasteiger partial charge >= 0.3 is 0 Å². The van der Waals surface area contributed by atoms with Crippen molar-refractivity contribution >= 4 is 28.3 Å². The molecular formula is C20H21N5O. The summed E-state index contributed by atoms with van der Waals surface area (Å²) in [7, 11) is 0. The second-order valence-corrected chi connectivity index (χ2v) is 6.78. The van der Waals surface area contributed by atoms with Crippen molar-refractivity contribution in [2.24, 2.45) is 5.92 Å². The molecular weight excluding hydrogens is 326 g/mol. The monoisotopic (exact) mass is 347 g/mol. The Morgan fingerprint density at radius 2 is 1.81 bits per heavy atom. The number of piperidine rings is 1. The first-order valence-corrected chi connectivity index (χ1v) is 8.93. The minimum atomic E-state index is -0.259. The molecule has 3 heterocycles. The van der Waals surface area contributed by atoms with Gasteiger partial charge in [-0.1, -0.05) is 31.2 Å². The minimum Gasteiger partial charge on any atom is -0.341 e. The fourth-order valence-corrected chi connectivity index (χ4v) is 3.25. The highest BCUT2D eigenvalue weighted by molar-refractivity contribution is 6.11. The highest BCUT2D eigenvalue weighted by atomic mass is 16.1. The number of nitrogens with zero attached hydrogens (tertiary/aromatic N) is 4. The number of hydrogen-bond donors (Lipinski definition) is 1. The third kappa shape index (κ3) is 3.35. The van der Waals surface area contributed by atoms with Crippen molar-refractivity contribution in [3.8, 4) is 0 Å². The van der Waals surface area contributed by atoms with Gasteiger partial charge in [-0.3, -0.25) is 9.78 Å². The topological polar surface area (TPSA) is 71.0 Å². The molecule has 3 aromatic rings. The van der Waals surface area contributed by atoms with Crippen molar-refractivity contribution in [2.45, 2.75) is 19.8 Å². The quantitative estimate of drug-likeness (QED) is 0.785. The standard InChI is InChI=1S/C20H21N5O/c1-14-7-10-25(11-8-14)20-22-12-16(13-23-20)24-19(26)18-17-5-3-2-4-15(17)6-9-21-18/h2-6,9,12-14H,7-8,10-11H2,1H3,(H,24,26). The van der Waals surface area contributed by atoms with E-state index >= 15 is 0 Å². The smallest absolute Gasteiger partial charge is 0.274 e. The van der Waals surface area contributed by atoms with Gasteiger partial charge in [0.25, 0.3) is 5.91 Å². The zero-order valence-electron chi connectivity index (χ0n) is 14.7. The Bertz CT molecular complexity index is 912. The summed E-state index contributed by atoms with van der Waals surface area (Å²) in [6, 6.07) is 9.60. The Morgan fingerprint density at radius 1 is 1.08 bits per heavy atom. The largest absolute Gasteiger partial charge is 0.341 e. The van der Waals surface area contributed by atoms with Crippen LogP contribution in [0.15, 0.2) is 48.9 Å². The first kappa shape index (κ1) is 16.4. The molecule has 1 aliphatic rings. The number of aromatic nitrogens is 3. The molecule has 1 amide bonds. The van der Waals surface area contributed by atoms with E-state index in [0.717, 1.165) is 48.6 Å². The molecule has 0 bridgehead atoms. The van der Waals surface area contributed by atoms with E-state index < -0.39 is 0 Å². The average molecular weight is 347 g/mol. The van der Waals surface area contributed by atoms with Gasteiger partial charge in [-0.2, -0.15) is 0 Å². The summed E-state index contributed by atoms with van der Waals surface area (Å²) in [6.07, 6.45) is 7.28. The Morgan fingerprint density at radius 3 is 2.58 bits per heavy atom. The summed E-state index contributed by atoms with van der Waals surface area (Å²) in [5, 5.41) is 4.65. The van der Waals surface area contributed by atoms with Crippen LogP contribution in [0, 0.1) is 5.92 Å². The first-order valence-electron chi connectivity index (χ1n) is 8.93. The molecule has 6 nitrogen and oxygen atoms in total. The number of hydrogen-bond acceptors (Lipinski definition) is 5. The van der Waals surface area contributed by atoms with Crippen LogP contribution in [0.25, 0.3) is 10.8 Å². The number of amides is 1. The molecule has 1 aromatic carbocycles. The molecule has 0 aliphatic carbocycles. The molecule has 0 atom stereocenters. The maximum absolute atomic E-state index is 12.6. The molecule has 0 saturated carbocycles. The number of benzene rings is 1. The van der Waals surface area contributed by atoms with Gasteiger partial charge in [0.1, 0.15) is 5.69 Å². The number of carbonyl (C=O) groups is 1. The molecule has 6 heteroatoms. The SMILES string of the molecule is CC1CCN(c2ncc(NC(=O)c3nccc4ccccc34)cn2)CC1. The molecule has 132 valence electrons. The summed E-state index contributed by atoms with van der Waals surface area (Å²) >= 11 is 0. The van der Waals surface area contributed by atoms with Crippen molar-refractivity contribution < 1.29 is 4.79 Å². The molecule has 2 aromatic heterocycles. The lowest BCUT2D eigenvalue weighted by Gasteiger charge is -2.30. The Balaban J connectivity index is 1.49. The van der Waals surface area contributed by atoms with Gasteiger partial charge in [0, 0.05) is 24.7 Å².